The van der Waals surface area contributed by atoms with Gasteiger partial charge < -0.3 is 13.9 Å². The fourth-order valence-electron chi connectivity index (χ4n) is 2.23. The van der Waals surface area contributed by atoms with Gasteiger partial charge in [0.2, 0.25) is 0 Å². The highest BCUT2D eigenvalue weighted by Gasteiger charge is 2.04. The SMILES string of the molecule is Cc1cc(=O)oc2cc(OCCOc3ccccc3)ccc12. The second-order valence-corrected chi connectivity index (χ2v) is 4.92. The first-order valence-electron chi connectivity index (χ1n) is 7.07. The molecule has 3 rings (SSSR count). The van der Waals surface area contributed by atoms with E-state index in [0.717, 1.165) is 16.7 Å². The molecule has 0 amide bonds. The van der Waals surface area contributed by atoms with Gasteiger partial charge in [-0.05, 0) is 36.8 Å². The maximum Gasteiger partial charge on any atom is 0.336 e. The van der Waals surface area contributed by atoms with Crippen LogP contribution in [0.25, 0.3) is 11.0 Å². The lowest BCUT2D eigenvalue weighted by Crippen LogP contribution is -2.09. The molecule has 2 aromatic carbocycles. The van der Waals surface area contributed by atoms with Crippen LogP contribution in [0.5, 0.6) is 11.5 Å². The molecule has 0 spiro atoms. The summed E-state index contributed by atoms with van der Waals surface area (Å²) < 4.78 is 16.4. The Morgan fingerprint density at radius 1 is 0.909 bits per heavy atom. The maximum atomic E-state index is 11.4. The quantitative estimate of drug-likeness (QED) is 0.533. The van der Waals surface area contributed by atoms with E-state index in [2.05, 4.69) is 0 Å². The van der Waals surface area contributed by atoms with Crippen LogP contribution in [0, 0.1) is 6.92 Å². The van der Waals surface area contributed by atoms with Gasteiger partial charge in [0.1, 0.15) is 30.3 Å². The zero-order valence-corrected chi connectivity index (χ0v) is 12.2. The normalized spacial score (nSPS) is 10.6. The summed E-state index contributed by atoms with van der Waals surface area (Å²) in [5.74, 6) is 1.46. The molecule has 4 heteroatoms. The molecular weight excluding hydrogens is 280 g/mol. The molecule has 0 aliphatic rings. The minimum atomic E-state index is -0.352. The molecule has 0 unspecified atom stereocenters. The maximum absolute atomic E-state index is 11.4. The summed E-state index contributed by atoms with van der Waals surface area (Å²) in [6.07, 6.45) is 0. The average Bonchev–Trinajstić information content (AvgIpc) is 2.52. The molecule has 0 aliphatic heterocycles. The Labute approximate surface area is 127 Å². The molecule has 3 aromatic rings. The minimum Gasteiger partial charge on any atom is -0.490 e. The van der Waals surface area contributed by atoms with Crippen LogP contribution in [0.2, 0.25) is 0 Å². The van der Waals surface area contributed by atoms with Crippen LogP contribution in [-0.4, -0.2) is 13.2 Å². The van der Waals surface area contributed by atoms with Gasteiger partial charge in [0, 0.05) is 17.5 Å². The zero-order valence-electron chi connectivity index (χ0n) is 12.2. The van der Waals surface area contributed by atoms with Crippen LogP contribution >= 0.6 is 0 Å². The number of rotatable bonds is 5. The molecule has 22 heavy (non-hydrogen) atoms. The van der Waals surface area contributed by atoms with Gasteiger partial charge in [-0.2, -0.15) is 0 Å². The molecule has 0 saturated carbocycles. The van der Waals surface area contributed by atoms with Crippen LogP contribution in [0.1, 0.15) is 5.56 Å². The fraction of sp³-hybridized carbons (Fsp3) is 0.167. The Balaban J connectivity index is 1.63. The molecule has 0 aliphatic carbocycles. The van der Waals surface area contributed by atoms with Gasteiger partial charge in [-0.25, -0.2) is 4.79 Å². The Morgan fingerprint density at radius 3 is 2.41 bits per heavy atom. The van der Waals surface area contributed by atoms with E-state index in [-0.39, 0.29) is 5.63 Å². The molecule has 0 fully saturated rings. The second-order valence-electron chi connectivity index (χ2n) is 4.92. The molecule has 0 N–H and O–H groups in total. The summed E-state index contributed by atoms with van der Waals surface area (Å²) in [5.41, 5.74) is 1.08. The number of aryl methyl sites for hydroxylation is 1. The van der Waals surface area contributed by atoms with E-state index in [1.54, 1.807) is 6.07 Å². The van der Waals surface area contributed by atoms with Crippen molar-refractivity contribution in [3.63, 3.8) is 0 Å². The molecular formula is C18H16O4. The highest BCUT2D eigenvalue weighted by molar-refractivity contribution is 5.81. The number of para-hydroxylation sites is 1. The summed E-state index contributed by atoms with van der Waals surface area (Å²) in [4.78, 5) is 11.4. The van der Waals surface area contributed by atoms with E-state index in [1.165, 1.54) is 6.07 Å². The van der Waals surface area contributed by atoms with Crippen molar-refractivity contribution in [1.82, 2.24) is 0 Å². The van der Waals surface area contributed by atoms with Gasteiger partial charge in [0.15, 0.2) is 0 Å². The van der Waals surface area contributed by atoms with Crippen molar-refractivity contribution in [1.29, 1.82) is 0 Å². The van der Waals surface area contributed by atoms with Crippen LogP contribution in [0.3, 0.4) is 0 Å². The van der Waals surface area contributed by atoms with Crippen molar-refractivity contribution in [3.05, 3.63) is 70.6 Å². The number of fused-ring (bicyclic) bond motifs is 1. The topological polar surface area (TPSA) is 48.7 Å². The van der Waals surface area contributed by atoms with Gasteiger partial charge in [-0.3, -0.25) is 0 Å². The monoisotopic (exact) mass is 296 g/mol. The summed E-state index contributed by atoms with van der Waals surface area (Å²) in [6, 6.07) is 16.5. The standard InChI is InChI=1S/C18H16O4/c1-13-11-18(19)22-17-12-15(7-8-16(13)17)21-10-9-20-14-5-3-2-4-6-14/h2-8,11-12H,9-10H2,1H3. The van der Waals surface area contributed by atoms with E-state index in [4.69, 9.17) is 13.9 Å². The number of ether oxygens (including phenoxy) is 2. The number of hydrogen-bond donors (Lipinski definition) is 0. The third-order valence-electron chi connectivity index (χ3n) is 3.29. The number of hydrogen-bond acceptors (Lipinski definition) is 4. The van der Waals surface area contributed by atoms with E-state index < -0.39 is 0 Å². The Bertz CT molecular complexity index is 821. The summed E-state index contributed by atoms with van der Waals surface area (Å²) in [7, 11) is 0. The fourth-order valence-corrected chi connectivity index (χ4v) is 2.23. The van der Waals surface area contributed by atoms with Gasteiger partial charge in [-0.15, -0.1) is 0 Å². The summed E-state index contributed by atoms with van der Waals surface area (Å²) >= 11 is 0. The summed E-state index contributed by atoms with van der Waals surface area (Å²) in [6.45, 7) is 2.74. The van der Waals surface area contributed by atoms with E-state index in [0.29, 0.717) is 24.5 Å². The van der Waals surface area contributed by atoms with E-state index in [1.807, 2.05) is 49.4 Å². The highest BCUT2D eigenvalue weighted by atomic mass is 16.5. The highest BCUT2D eigenvalue weighted by Crippen LogP contribution is 2.22. The molecule has 0 bridgehead atoms. The first kappa shape index (κ1) is 14.2. The lowest BCUT2D eigenvalue weighted by molar-refractivity contribution is 0.217. The van der Waals surface area contributed by atoms with Crippen molar-refractivity contribution >= 4 is 11.0 Å². The van der Waals surface area contributed by atoms with Crippen molar-refractivity contribution in [2.45, 2.75) is 6.92 Å². The molecule has 0 saturated heterocycles. The summed E-state index contributed by atoms with van der Waals surface area (Å²) in [5, 5.41) is 0.910. The van der Waals surface area contributed by atoms with Crippen molar-refractivity contribution in [2.75, 3.05) is 13.2 Å². The minimum absolute atomic E-state index is 0.352. The molecule has 4 nitrogen and oxygen atoms in total. The largest absolute Gasteiger partial charge is 0.490 e. The van der Waals surface area contributed by atoms with E-state index in [9.17, 15) is 4.79 Å². The zero-order chi connectivity index (χ0) is 15.4. The van der Waals surface area contributed by atoms with Crippen molar-refractivity contribution in [3.8, 4) is 11.5 Å². The van der Waals surface area contributed by atoms with Gasteiger partial charge >= 0.3 is 5.63 Å². The first-order valence-corrected chi connectivity index (χ1v) is 7.07. The van der Waals surface area contributed by atoms with Crippen LogP contribution in [0.4, 0.5) is 0 Å². The Kier molecular flexibility index (Phi) is 4.10. The average molecular weight is 296 g/mol. The predicted octanol–water partition coefficient (Wildman–Crippen LogP) is 3.56. The predicted molar refractivity (Wildman–Crippen MR) is 84.7 cm³/mol. The van der Waals surface area contributed by atoms with E-state index >= 15 is 0 Å². The smallest absolute Gasteiger partial charge is 0.336 e. The van der Waals surface area contributed by atoms with Crippen LogP contribution < -0.4 is 15.1 Å². The third-order valence-corrected chi connectivity index (χ3v) is 3.29. The van der Waals surface area contributed by atoms with Crippen LogP contribution in [0.15, 0.2) is 63.8 Å². The first-order chi connectivity index (χ1) is 10.7. The Morgan fingerprint density at radius 2 is 1.64 bits per heavy atom. The van der Waals surface area contributed by atoms with Crippen LogP contribution in [-0.2, 0) is 0 Å². The third kappa shape index (κ3) is 3.28. The lowest BCUT2D eigenvalue weighted by Gasteiger charge is -2.09. The Hall–Kier alpha value is -2.75. The number of benzene rings is 2. The van der Waals surface area contributed by atoms with Crippen molar-refractivity contribution < 1.29 is 13.9 Å². The second kappa shape index (κ2) is 6.35. The molecule has 0 atom stereocenters. The van der Waals surface area contributed by atoms with Gasteiger partial charge in [-0.1, -0.05) is 18.2 Å². The van der Waals surface area contributed by atoms with Gasteiger partial charge in [0.25, 0.3) is 0 Å². The molecule has 112 valence electrons. The molecule has 0 radical (unpaired) electrons. The van der Waals surface area contributed by atoms with Gasteiger partial charge in [0.05, 0.1) is 0 Å². The molecule has 1 aromatic heterocycles. The van der Waals surface area contributed by atoms with Crippen molar-refractivity contribution in [2.24, 2.45) is 0 Å². The molecule has 1 heterocycles. The lowest BCUT2D eigenvalue weighted by atomic mass is 10.1.